The summed E-state index contributed by atoms with van der Waals surface area (Å²) in [5.74, 6) is 0.812. The molecule has 0 fully saturated rings. The Kier molecular flexibility index (Phi) is 5.11. The maximum atomic E-state index is 5.34. The number of hydrogen-bond donors (Lipinski definition) is 1. The van der Waals surface area contributed by atoms with Gasteiger partial charge in [-0.05, 0) is 57.3 Å². The standard InChI is InChI=1S/C16H17Br2NO/c1-10-4-6-12(7-5-10)11(2)19-15-9-16(20-3)14(18)8-13(15)17/h4-9,11,19H,1-3H3. The molecule has 0 aliphatic rings. The Balaban J connectivity index is 2.23. The van der Waals surface area contributed by atoms with Crippen molar-refractivity contribution in [3.63, 3.8) is 0 Å². The van der Waals surface area contributed by atoms with Gasteiger partial charge in [-0.15, -0.1) is 0 Å². The molecule has 106 valence electrons. The zero-order valence-corrected chi connectivity index (χ0v) is 14.9. The third-order valence-corrected chi connectivity index (χ3v) is 4.47. The van der Waals surface area contributed by atoms with E-state index < -0.39 is 0 Å². The van der Waals surface area contributed by atoms with Crippen LogP contribution in [0.4, 0.5) is 5.69 Å². The van der Waals surface area contributed by atoms with Gasteiger partial charge in [-0.1, -0.05) is 29.8 Å². The van der Waals surface area contributed by atoms with Crippen molar-refractivity contribution in [3.8, 4) is 5.75 Å². The molecule has 0 amide bonds. The van der Waals surface area contributed by atoms with E-state index in [-0.39, 0.29) is 6.04 Å². The van der Waals surface area contributed by atoms with Gasteiger partial charge in [-0.3, -0.25) is 0 Å². The molecule has 0 spiro atoms. The Morgan fingerprint density at radius 3 is 2.30 bits per heavy atom. The van der Waals surface area contributed by atoms with Crippen molar-refractivity contribution in [2.75, 3.05) is 12.4 Å². The summed E-state index contributed by atoms with van der Waals surface area (Å²) in [6.07, 6.45) is 0. The fourth-order valence-corrected chi connectivity index (χ4v) is 3.24. The SMILES string of the molecule is COc1cc(NC(C)c2ccc(C)cc2)c(Br)cc1Br. The Hall–Kier alpha value is -1.000. The number of hydrogen-bond acceptors (Lipinski definition) is 2. The van der Waals surface area contributed by atoms with Crippen LogP contribution < -0.4 is 10.1 Å². The third-order valence-electron chi connectivity index (χ3n) is 3.19. The number of rotatable bonds is 4. The first-order valence-corrected chi connectivity index (χ1v) is 7.96. The summed E-state index contributed by atoms with van der Waals surface area (Å²) >= 11 is 7.05. The quantitative estimate of drug-likeness (QED) is 0.712. The number of halogens is 2. The molecule has 0 saturated carbocycles. The fourth-order valence-electron chi connectivity index (χ4n) is 1.97. The van der Waals surface area contributed by atoms with E-state index in [1.54, 1.807) is 7.11 Å². The maximum absolute atomic E-state index is 5.34. The normalized spacial score (nSPS) is 12.1. The smallest absolute Gasteiger partial charge is 0.135 e. The topological polar surface area (TPSA) is 21.3 Å². The van der Waals surface area contributed by atoms with Crippen molar-refractivity contribution in [3.05, 3.63) is 56.5 Å². The second-order valence-corrected chi connectivity index (χ2v) is 6.45. The van der Waals surface area contributed by atoms with Gasteiger partial charge < -0.3 is 10.1 Å². The summed E-state index contributed by atoms with van der Waals surface area (Å²) in [5, 5.41) is 3.50. The number of nitrogens with one attached hydrogen (secondary N) is 1. The molecular formula is C16H17Br2NO. The third kappa shape index (κ3) is 3.55. The molecule has 1 atom stereocenters. The Bertz CT molecular complexity index is 596. The van der Waals surface area contributed by atoms with Crippen LogP contribution >= 0.6 is 31.9 Å². The van der Waals surface area contributed by atoms with Crippen LogP contribution in [-0.2, 0) is 0 Å². The minimum absolute atomic E-state index is 0.220. The van der Waals surface area contributed by atoms with Crippen molar-refractivity contribution in [2.24, 2.45) is 0 Å². The molecule has 0 heterocycles. The molecule has 1 N–H and O–H groups in total. The molecule has 1 unspecified atom stereocenters. The lowest BCUT2D eigenvalue weighted by Crippen LogP contribution is -2.07. The predicted molar refractivity (Wildman–Crippen MR) is 91.6 cm³/mol. The lowest BCUT2D eigenvalue weighted by molar-refractivity contribution is 0.412. The molecule has 0 aliphatic heterocycles. The van der Waals surface area contributed by atoms with Crippen LogP contribution in [0.2, 0.25) is 0 Å². The summed E-state index contributed by atoms with van der Waals surface area (Å²) < 4.78 is 7.27. The molecule has 2 nitrogen and oxygen atoms in total. The van der Waals surface area contributed by atoms with Gasteiger partial charge >= 0.3 is 0 Å². The fraction of sp³-hybridized carbons (Fsp3) is 0.250. The van der Waals surface area contributed by atoms with E-state index in [9.17, 15) is 0 Å². The summed E-state index contributed by atoms with van der Waals surface area (Å²) in [6, 6.07) is 12.8. The predicted octanol–water partition coefficient (Wildman–Crippen LogP) is 5.70. The van der Waals surface area contributed by atoms with E-state index in [4.69, 9.17) is 4.74 Å². The first-order valence-electron chi connectivity index (χ1n) is 6.37. The van der Waals surface area contributed by atoms with Crippen molar-refractivity contribution in [1.29, 1.82) is 0 Å². The number of ether oxygens (including phenoxy) is 1. The molecule has 2 aromatic rings. The van der Waals surface area contributed by atoms with Crippen molar-refractivity contribution in [2.45, 2.75) is 19.9 Å². The summed E-state index contributed by atoms with van der Waals surface area (Å²) in [5.41, 5.74) is 3.54. The molecule has 20 heavy (non-hydrogen) atoms. The van der Waals surface area contributed by atoms with Gasteiger partial charge in [0.1, 0.15) is 5.75 Å². The van der Waals surface area contributed by atoms with E-state index in [0.717, 1.165) is 20.4 Å². The van der Waals surface area contributed by atoms with E-state index in [2.05, 4.69) is 75.3 Å². The van der Waals surface area contributed by atoms with Crippen molar-refractivity contribution in [1.82, 2.24) is 0 Å². The summed E-state index contributed by atoms with van der Waals surface area (Å²) in [7, 11) is 1.67. The highest BCUT2D eigenvalue weighted by molar-refractivity contribution is 9.11. The van der Waals surface area contributed by atoms with E-state index in [0.29, 0.717) is 0 Å². The number of anilines is 1. The molecule has 0 bridgehead atoms. The zero-order chi connectivity index (χ0) is 14.7. The van der Waals surface area contributed by atoms with Crippen molar-refractivity contribution < 1.29 is 4.74 Å². The van der Waals surface area contributed by atoms with Gasteiger partial charge in [0.15, 0.2) is 0 Å². The number of aryl methyl sites for hydroxylation is 1. The number of methoxy groups -OCH3 is 1. The van der Waals surface area contributed by atoms with Crippen LogP contribution in [0, 0.1) is 6.92 Å². The van der Waals surface area contributed by atoms with Crippen LogP contribution in [0.3, 0.4) is 0 Å². The van der Waals surface area contributed by atoms with Crippen LogP contribution in [-0.4, -0.2) is 7.11 Å². The Morgan fingerprint density at radius 1 is 1.05 bits per heavy atom. The van der Waals surface area contributed by atoms with Crippen LogP contribution in [0.1, 0.15) is 24.1 Å². The van der Waals surface area contributed by atoms with Crippen molar-refractivity contribution >= 4 is 37.5 Å². The summed E-state index contributed by atoms with van der Waals surface area (Å²) in [4.78, 5) is 0. The van der Waals surface area contributed by atoms with Gasteiger partial charge in [0.05, 0.1) is 17.3 Å². The monoisotopic (exact) mass is 397 g/mol. The van der Waals surface area contributed by atoms with Gasteiger partial charge in [0, 0.05) is 16.6 Å². The molecule has 4 heteroatoms. The summed E-state index contributed by atoms with van der Waals surface area (Å²) in [6.45, 7) is 4.24. The maximum Gasteiger partial charge on any atom is 0.135 e. The minimum atomic E-state index is 0.220. The minimum Gasteiger partial charge on any atom is -0.495 e. The first-order chi connectivity index (χ1) is 9.51. The van der Waals surface area contributed by atoms with E-state index in [1.807, 2.05) is 12.1 Å². The largest absolute Gasteiger partial charge is 0.495 e. The lowest BCUT2D eigenvalue weighted by atomic mass is 10.1. The van der Waals surface area contributed by atoms with E-state index >= 15 is 0 Å². The second-order valence-electron chi connectivity index (χ2n) is 4.74. The molecule has 0 aliphatic carbocycles. The molecular weight excluding hydrogens is 382 g/mol. The highest BCUT2D eigenvalue weighted by Crippen LogP contribution is 2.36. The van der Waals surface area contributed by atoms with Crippen LogP contribution in [0.15, 0.2) is 45.3 Å². The lowest BCUT2D eigenvalue weighted by Gasteiger charge is -2.18. The zero-order valence-electron chi connectivity index (χ0n) is 11.7. The van der Waals surface area contributed by atoms with E-state index in [1.165, 1.54) is 11.1 Å². The highest BCUT2D eigenvalue weighted by atomic mass is 79.9. The average Bonchev–Trinajstić information content (AvgIpc) is 2.42. The average molecular weight is 399 g/mol. The Labute approximate surface area is 136 Å². The molecule has 0 saturated heterocycles. The molecule has 0 aromatic heterocycles. The van der Waals surface area contributed by atoms with Crippen LogP contribution in [0.25, 0.3) is 0 Å². The highest BCUT2D eigenvalue weighted by Gasteiger charge is 2.11. The Morgan fingerprint density at radius 2 is 1.70 bits per heavy atom. The molecule has 2 aromatic carbocycles. The molecule has 0 radical (unpaired) electrons. The number of benzene rings is 2. The van der Waals surface area contributed by atoms with Crippen LogP contribution in [0.5, 0.6) is 5.75 Å². The first kappa shape index (κ1) is 15.4. The second kappa shape index (κ2) is 6.64. The van der Waals surface area contributed by atoms with Gasteiger partial charge in [0.25, 0.3) is 0 Å². The molecule has 2 rings (SSSR count). The van der Waals surface area contributed by atoms with Gasteiger partial charge in [-0.2, -0.15) is 0 Å². The van der Waals surface area contributed by atoms with Gasteiger partial charge in [0.2, 0.25) is 0 Å². The van der Waals surface area contributed by atoms with Gasteiger partial charge in [-0.25, -0.2) is 0 Å².